The normalized spacial score (nSPS) is 22.6. The number of rotatable bonds is 4. The van der Waals surface area contributed by atoms with E-state index in [1.807, 2.05) is 36.4 Å². The Morgan fingerprint density at radius 2 is 1.85 bits per heavy atom. The molecule has 0 aromatic heterocycles. The first-order valence-corrected chi connectivity index (χ1v) is 9.04. The van der Waals surface area contributed by atoms with Crippen molar-refractivity contribution in [3.63, 3.8) is 0 Å². The van der Waals surface area contributed by atoms with E-state index in [9.17, 15) is 9.59 Å². The number of halogens is 2. The second-order valence-corrected chi connectivity index (χ2v) is 7.28. The van der Waals surface area contributed by atoms with Gasteiger partial charge in [0.25, 0.3) is 0 Å². The van der Waals surface area contributed by atoms with E-state index >= 15 is 0 Å². The van der Waals surface area contributed by atoms with Crippen LogP contribution in [0, 0.1) is 5.92 Å². The zero-order valence-corrected chi connectivity index (χ0v) is 15.4. The third-order valence-corrected chi connectivity index (χ3v) is 5.20. The Balaban J connectivity index is 1.95. The van der Waals surface area contributed by atoms with Crippen LogP contribution in [0.2, 0.25) is 10.0 Å². The van der Waals surface area contributed by atoms with Gasteiger partial charge in [-0.15, -0.1) is 0 Å². The lowest BCUT2D eigenvalue weighted by Crippen LogP contribution is -2.45. The fourth-order valence-corrected chi connectivity index (χ4v) is 3.76. The molecule has 2 aromatic rings. The summed E-state index contributed by atoms with van der Waals surface area (Å²) in [6.07, 6.45) is 0.569. The van der Waals surface area contributed by atoms with Gasteiger partial charge in [-0.3, -0.25) is 15.0 Å². The molecule has 1 saturated heterocycles. The quantitative estimate of drug-likeness (QED) is 0.424. The Kier molecular flexibility index (Phi) is 5.81. The van der Waals surface area contributed by atoms with Crippen LogP contribution in [-0.2, 0) is 9.59 Å². The van der Waals surface area contributed by atoms with Crippen LogP contribution in [0.5, 0.6) is 0 Å². The molecule has 7 heteroatoms. The highest BCUT2D eigenvalue weighted by Gasteiger charge is 2.38. The predicted octanol–water partition coefficient (Wildman–Crippen LogP) is 3.33. The molecular weight excluding hydrogens is 373 g/mol. The second kappa shape index (κ2) is 8.08. The van der Waals surface area contributed by atoms with Crippen LogP contribution < -0.4 is 16.6 Å². The van der Waals surface area contributed by atoms with Crippen LogP contribution in [0.4, 0.5) is 0 Å². The molecule has 0 unspecified atom stereocenters. The zero-order chi connectivity index (χ0) is 18.7. The fraction of sp³-hybridized carbons (Fsp3) is 0.263. The van der Waals surface area contributed by atoms with Gasteiger partial charge in [0.1, 0.15) is 0 Å². The Labute approximate surface area is 161 Å². The maximum Gasteiger partial charge on any atom is 0.234 e. The Hall–Kier alpha value is -2.08. The van der Waals surface area contributed by atoms with Crippen LogP contribution in [0.1, 0.15) is 35.9 Å². The van der Waals surface area contributed by atoms with E-state index in [0.717, 1.165) is 11.1 Å². The minimum absolute atomic E-state index is 0.0249. The van der Waals surface area contributed by atoms with Gasteiger partial charge in [0.2, 0.25) is 11.8 Å². The smallest absolute Gasteiger partial charge is 0.234 e. The lowest BCUT2D eigenvalue weighted by Gasteiger charge is -2.37. The molecule has 1 fully saturated rings. The minimum atomic E-state index is -0.453. The summed E-state index contributed by atoms with van der Waals surface area (Å²) < 4.78 is 0. The van der Waals surface area contributed by atoms with Crippen molar-refractivity contribution in [2.75, 3.05) is 0 Å². The van der Waals surface area contributed by atoms with Crippen LogP contribution in [-0.4, -0.2) is 11.8 Å². The topological polar surface area (TPSA) is 84.2 Å². The van der Waals surface area contributed by atoms with Gasteiger partial charge in [-0.2, -0.15) is 0 Å². The molecule has 1 aliphatic rings. The standard InChI is InChI=1S/C19H19Cl2N3O2/c20-14-6-4-11(5-7-14)18-16(12-2-1-3-15(21)8-12)9-13(19(26)23-18)10-17(25)24-22/h1-8,13,16,18H,9-10,22H2,(H,23,26)(H,24,25)/t13-,16-,18-/m1/s1. The van der Waals surface area contributed by atoms with Crippen molar-refractivity contribution in [3.8, 4) is 0 Å². The van der Waals surface area contributed by atoms with Gasteiger partial charge in [-0.05, 0) is 41.8 Å². The molecule has 2 aromatic carbocycles. The molecule has 5 nitrogen and oxygen atoms in total. The van der Waals surface area contributed by atoms with E-state index in [1.54, 1.807) is 12.1 Å². The maximum atomic E-state index is 12.6. The molecule has 1 heterocycles. The molecule has 0 aliphatic carbocycles. The summed E-state index contributed by atoms with van der Waals surface area (Å²) in [5.74, 6) is 4.17. The van der Waals surface area contributed by atoms with Crippen LogP contribution in [0.3, 0.4) is 0 Å². The molecule has 0 spiro atoms. The number of carbonyl (C=O) groups is 2. The lowest BCUT2D eigenvalue weighted by molar-refractivity contribution is -0.133. The van der Waals surface area contributed by atoms with Gasteiger partial charge in [-0.1, -0.05) is 47.5 Å². The van der Waals surface area contributed by atoms with Gasteiger partial charge >= 0.3 is 0 Å². The maximum absolute atomic E-state index is 12.6. The zero-order valence-electron chi connectivity index (χ0n) is 13.9. The Morgan fingerprint density at radius 3 is 2.50 bits per heavy atom. The van der Waals surface area contributed by atoms with Gasteiger partial charge in [-0.25, -0.2) is 5.84 Å². The van der Waals surface area contributed by atoms with E-state index in [1.165, 1.54) is 0 Å². The molecule has 3 rings (SSSR count). The molecule has 0 saturated carbocycles. The number of amides is 2. The number of piperidine rings is 1. The monoisotopic (exact) mass is 391 g/mol. The number of hydrazine groups is 1. The van der Waals surface area contributed by atoms with Crippen LogP contribution in [0.15, 0.2) is 48.5 Å². The summed E-state index contributed by atoms with van der Waals surface area (Å²) in [5, 5.41) is 4.32. The Morgan fingerprint density at radius 1 is 1.12 bits per heavy atom. The number of benzene rings is 2. The number of carbonyl (C=O) groups excluding carboxylic acids is 2. The van der Waals surface area contributed by atoms with Crippen molar-refractivity contribution in [1.29, 1.82) is 0 Å². The number of hydrogen-bond donors (Lipinski definition) is 3. The average Bonchev–Trinajstić information content (AvgIpc) is 2.63. The first kappa shape index (κ1) is 18.7. The predicted molar refractivity (Wildman–Crippen MR) is 102 cm³/mol. The summed E-state index contributed by atoms with van der Waals surface area (Å²) in [5.41, 5.74) is 4.05. The third kappa shape index (κ3) is 4.18. The largest absolute Gasteiger partial charge is 0.348 e. The number of nitrogens with two attached hydrogens (primary N) is 1. The summed E-state index contributed by atoms with van der Waals surface area (Å²) >= 11 is 12.2. The SMILES string of the molecule is NNC(=O)C[C@H]1C[C@H](c2cccc(Cl)c2)[C@@H](c2ccc(Cl)cc2)NC1=O. The molecule has 136 valence electrons. The third-order valence-electron chi connectivity index (χ3n) is 4.71. The van der Waals surface area contributed by atoms with Gasteiger partial charge in [0, 0.05) is 28.3 Å². The molecule has 4 N–H and O–H groups in total. The molecule has 1 aliphatic heterocycles. The van der Waals surface area contributed by atoms with Crippen LogP contribution >= 0.6 is 23.2 Å². The molecule has 26 heavy (non-hydrogen) atoms. The van der Waals surface area contributed by atoms with E-state index in [0.29, 0.717) is 16.5 Å². The second-order valence-electron chi connectivity index (χ2n) is 6.40. The summed E-state index contributed by atoms with van der Waals surface area (Å²) in [7, 11) is 0. The van der Waals surface area contributed by atoms with Gasteiger partial charge in [0.15, 0.2) is 0 Å². The highest BCUT2D eigenvalue weighted by Crippen LogP contribution is 2.41. The first-order valence-electron chi connectivity index (χ1n) is 8.28. The summed E-state index contributed by atoms with van der Waals surface area (Å²) in [6.45, 7) is 0. The highest BCUT2D eigenvalue weighted by molar-refractivity contribution is 6.30. The van der Waals surface area contributed by atoms with Crippen LogP contribution in [0.25, 0.3) is 0 Å². The van der Waals surface area contributed by atoms with E-state index in [4.69, 9.17) is 29.0 Å². The molecule has 0 radical (unpaired) electrons. The van der Waals surface area contributed by atoms with Crippen molar-refractivity contribution in [3.05, 3.63) is 69.7 Å². The van der Waals surface area contributed by atoms with Crippen molar-refractivity contribution >= 4 is 35.0 Å². The molecule has 3 atom stereocenters. The molecular formula is C19H19Cl2N3O2. The highest BCUT2D eigenvalue weighted by atomic mass is 35.5. The van der Waals surface area contributed by atoms with Crippen molar-refractivity contribution in [2.45, 2.75) is 24.8 Å². The number of nitrogens with one attached hydrogen (secondary N) is 2. The van der Waals surface area contributed by atoms with Crippen molar-refractivity contribution in [2.24, 2.45) is 11.8 Å². The number of hydrogen-bond acceptors (Lipinski definition) is 3. The Bertz CT molecular complexity index is 811. The summed E-state index contributed by atoms with van der Waals surface area (Å²) in [4.78, 5) is 24.2. The summed E-state index contributed by atoms with van der Waals surface area (Å²) in [6, 6.07) is 14.7. The minimum Gasteiger partial charge on any atom is -0.348 e. The van der Waals surface area contributed by atoms with E-state index in [2.05, 4.69) is 10.7 Å². The fourth-order valence-electron chi connectivity index (χ4n) is 3.43. The van der Waals surface area contributed by atoms with Crippen molar-refractivity contribution < 1.29 is 9.59 Å². The van der Waals surface area contributed by atoms with E-state index < -0.39 is 5.92 Å². The van der Waals surface area contributed by atoms with Crippen molar-refractivity contribution in [1.82, 2.24) is 10.7 Å². The molecule has 2 amide bonds. The van der Waals surface area contributed by atoms with E-state index in [-0.39, 0.29) is 30.2 Å². The average molecular weight is 392 g/mol. The van der Waals surface area contributed by atoms with Gasteiger partial charge in [0.05, 0.1) is 6.04 Å². The first-order chi connectivity index (χ1) is 12.5. The van der Waals surface area contributed by atoms with Gasteiger partial charge < -0.3 is 5.32 Å². The molecule has 0 bridgehead atoms. The lowest BCUT2D eigenvalue weighted by atomic mass is 9.76.